The van der Waals surface area contributed by atoms with Gasteiger partial charge in [-0.25, -0.2) is 0 Å². The van der Waals surface area contributed by atoms with Gasteiger partial charge in [0, 0.05) is 12.6 Å². The lowest BCUT2D eigenvalue weighted by Crippen LogP contribution is -2.08. The maximum absolute atomic E-state index is 10.6. The zero-order valence-electron chi connectivity index (χ0n) is 7.68. The van der Waals surface area contributed by atoms with Gasteiger partial charge in [0.2, 0.25) is 0 Å². The molecule has 14 heavy (non-hydrogen) atoms. The number of benzene rings is 1. The number of ether oxygens (including phenoxy) is 1. The Bertz CT molecular complexity index is 315. The molecule has 0 bridgehead atoms. The van der Waals surface area contributed by atoms with E-state index in [1.807, 2.05) is 0 Å². The number of nitrogens with two attached hydrogens (primary N) is 1. The van der Waals surface area contributed by atoms with Crippen molar-refractivity contribution in [3.8, 4) is 0 Å². The Morgan fingerprint density at radius 1 is 1.43 bits per heavy atom. The fourth-order valence-corrected chi connectivity index (χ4v) is 1.08. The van der Waals surface area contributed by atoms with Crippen molar-refractivity contribution < 1.29 is 9.66 Å². The summed E-state index contributed by atoms with van der Waals surface area (Å²) in [7, 11) is 0. The van der Waals surface area contributed by atoms with E-state index in [2.05, 4.69) is 0 Å². The first-order valence-corrected chi connectivity index (χ1v) is 4.26. The Hall–Kier alpha value is -1.46. The molecule has 1 rings (SSSR count). The van der Waals surface area contributed by atoms with Gasteiger partial charge in [0.25, 0.3) is 5.69 Å². The van der Waals surface area contributed by atoms with Crippen molar-refractivity contribution in [1.82, 2.24) is 0 Å². The van der Waals surface area contributed by atoms with E-state index < -0.39 is 4.92 Å². The molecule has 0 aliphatic heterocycles. The molecule has 0 heterocycles. The minimum atomic E-state index is -0.416. The predicted molar refractivity (Wildman–Crippen MR) is 51.8 cm³/mol. The fraction of sp³-hybridized carbons (Fsp3) is 0.333. The minimum Gasteiger partial charge on any atom is -0.375 e. The topological polar surface area (TPSA) is 78.4 Å². The zero-order chi connectivity index (χ0) is 10.4. The Morgan fingerprint density at radius 3 is 2.79 bits per heavy atom. The monoisotopic (exact) mass is 196 g/mol. The normalized spacial score (nSPS) is 10.1. The molecule has 1 aromatic rings. The lowest BCUT2D eigenvalue weighted by molar-refractivity contribution is -0.385. The number of nitrogens with zero attached hydrogens (tertiary/aromatic N) is 1. The van der Waals surface area contributed by atoms with E-state index in [-0.39, 0.29) is 12.3 Å². The van der Waals surface area contributed by atoms with Gasteiger partial charge in [-0.3, -0.25) is 10.1 Å². The van der Waals surface area contributed by atoms with Crippen LogP contribution in [0.2, 0.25) is 0 Å². The lowest BCUT2D eigenvalue weighted by atomic mass is 10.2. The molecule has 76 valence electrons. The standard InChI is InChI=1S/C9H12N2O3/c10-5-6-14-7-8-3-1-2-4-9(8)11(12)13/h1-4H,5-7,10H2. The van der Waals surface area contributed by atoms with Gasteiger partial charge in [-0.2, -0.15) is 0 Å². The van der Waals surface area contributed by atoms with Crippen LogP contribution in [0.4, 0.5) is 5.69 Å². The number of rotatable bonds is 5. The molecule has 0 saturated carbocycles. The zero-order valence-corrected chi connectivity index (χ0v) is 7.68. The number of nitro benzene ring substituents is 1. The van der Waals surface area contributed by atoms with Crippen LogP contribution in [-0.2, 0) is 11.3 Å². The molecule has 0 spiro atoms. The minimum absolute atomic E-state index is 0.0875. The van der Waals surface area contributed by atoms with Crippen LogP contribution in [0.5, 0.6) is 0 Å². The van der Waals surface area contributed by atoms with Crippen LogP contribution < -0.4 is 5.73 Å². The van der Waals surface area contributed by atoms with Gasteiger partial charge in [-0.15, -0.1) is 0 Å². The molecule has 0 unspecified atom stereocenters. The first-order valence-electron chi connectivity index (χ1n) is 4.26. The molecule has 0 aliphatic rings. The summed E-state index contributed by atoms with van der Waals surface area (Å²) in [6.07, 6.45) is 0. The molecule has 0 radical (unpaired) electrons. The second-order valence-electron chi connectivity index (χ2n) is 2.73. The average molecular weight is 196 g/mol. The highest BCUT2D eigenvalue weighted by atomic mass is 16.6. The molecule has 0 aromatic heterocycles. The largest absolute Gasteiger partial charge is 0.375 e. The van der Waals surface area contributed by atoms with Gasteiger partial charge < -0.3 is 10.5 Å². The third-order valence-corrected chi connectivity index (χ3v) is 1.71. The van der Waals surface area contributed by atoms with Gasteiger partial charge in [-0.05, 0) is 6.07 Å². The third kappa shape index (κ3) is 2.79. The first-order chi connectivity index (χ1) is 6.75. The van der Waals surface area contributed by atoms with Crippen LogP contribution >= 0.6 is 0 Å². The number of para-hydroxylation sites is 1. The van der Waals surface area contributed by atoms with Gasteiger partial charge in [0.15, 0.2) is 0 Å². The van der Waals surface area contributed by atoms with Gasteiger partial charge >= 0.3 is 0 Å². The number of hydrogen-bond acceptors (Lipinski definition) is 4. The second kappa shape index (κ2) is 5.31. The van der Waals surface area contributed by atoms with E-state index in [9.17, 15) is 10.1 Å². The Balaban J connectivity index is 2.69. The molecule has 5 nitrogen and oxygen atoms in total. The molecule has 0 saturated heterocycles. The van der Waals surface area contributed by atoms with Crippen molar-refractivity contribution in [2.45, 2.75) is 6.61 Å². The molecule has 0 amide bonds. The maximum Gasteiger partial charge on any atom is 0.274 e. The number of nitro groups is 1. The summed E-state index contributed by atoms with van der Waals surface area (Å²) in [5.74, 6) is 0. The van der Waals surface area contributed by atoms with Crippen LogP contribution in [0, 0.1) is 10.1 Å². The van der Waals surface area contributed by atoms with Crippen LogP contribution in [0.3, 0.4) is 0 Å². The van der Waals surface area contributed by atoms with Crippen molar-refractivity contribution in [2.75, 3.05) is 13.2 Å². The molecular weight excluding hydrogens is 184 g/mol. The highest BCUT2D eigenvalue weighted by molar-refractivity contribution is 5.39. The van der Waals surface area contributed by atoms with Gasteiger partial charge in [0.05, 0.1) is 23.7 Å². The predicted octanol–water partition coefficient (Wildman–Crippen LogP) is 1.07. The SMILES string of the molecule is NCCOCc1ccccc1[N+](=O)[O-]. The van der Waals surface area contributed by atoms with Crippen molar-refractivity contribution in [1.29, 1.82) is 0 Å². The highest BCUT2D eigenvalue weighted by Gasteiger charge is 2.11. The van der Waals surface area contributed by atoms with E-state index in [0.29, 0.717) is 18.7 Å². The van der Waals surface area contributed by atoms with Crippen LogP contribution in [0.15, 0.2) is 24.3 Å². The van der Waals surface area contributed by atoms with E-state index in [0.717, 1.165) is 0 Å². The highest BCUT2D eigenvalue weighted by Crippen LogP contribution is 2.17. The molecular formula is C9H12N2O3. The summed E-state index contributed by atoms with van der Waals surface area (Å²) >= 11 is 0. The summed E-state index contributed by atoms with van der Waals surface area (Å²) in [6, 6.07) is 6.51. The molecule has 2 N–H and O–H groups in total. The smallest absolute Gasteiger partial charge is 0.274 e. The summed E-state index contributed by atoms with van der Waals surface area (Å²) in [4.78, 5) is 10.2. The Labute approximate surface area is 81.6 Å². The van der Waals surface area contributed by atoms with E-state index >= 15 is 0 Å². The van der Waals surface area contributed by atoms with E-state index in [1.165, 1.54) is 6.07 Å². The van der Waals surface area contributed by atoms with Gasteiger partial charge in [-0.1, -0.05) is 12.1 Å². The van der Waals surface area contributed by atoms with Crippen LogP contribution in [0.1, 0.15) is 5.56 Å². The summed E-state index contributed by atoms with van der Waals surface area (Å²) in [6.45, 7) is 1.06. The van der Waals surface area contributed by atoms with Crippen molar-refractivity contribution in [3.05, 3.63) is 39.9 Å². The van der Waals surface area contributed by atoms with Crippen molar-refractivity contribution in [2.24, 2.45) is 5.73 Å². The quantitative estimate of drug-likeness (QED) is 0.434. The molecule has 0 aliphatic carbocycles. The van der Waals surface area contributed by atoms with E-state index in [1.54, 1.807) is 18.2 Å². The van der Waals surface area contributed by atoms with Crippen molar-refractivity contribution in [3.63, 3.8) is 0 Å². The maximum atomic E-state index is 10.6. The Kier molecular flexibility index (Phi) is 4.03. The summed E-state index contributed by atoms with van der Waals surface area (Å²) < 4.78 is 5.13. The van der Waals surface area contributed by atoms with Crippen LogP contribution in [-0.4, -0.2) is 18.1 Å². The summed E-state index contributed by atoms with van der Waals surface area (Å²) in [5.41, 5.74) is 5.89. The molecule has 0 fully saturated rings. The third-order valence-electron chi connectivity index (χ3n) is 1.71. The van der Waals surface area contributed by atoms with Crippen LogP contribution in [0.25, 0.3) is 0 Å². The van der Waals surface area contributed by atoms with E-state index in [4.69, 9.17) is 10.5 Å². The molecule has 0 atom stereocenters. The van der Waals surface area contributed by atoms with Gasteiger partial charge in [0.1, 0.15) is 0 Å². The Morgan fingerprint density at radius 2 is 2.14 bits per heavy atom. The fourth-order valence-electron chi connectivity index (χ4n) is 1.08. The molecule has 1 aromatic carbocycles. The average Bonchev–Trinajstić information content (AvgIpc) is 2.19. The molecule has 5 heteroatoms. The van der Waals surface area contributed by atoms with Crippen molar-refractivity contribution >= 4 is 5.69 Å². The lowest BCUT2D eigenvalue weighted by Gasteiger charge is -2.03. The summed E-state index contributed by atoms with van der Waals surface area (Å²) in [5, 5.41) is 10.6. The number of hydrogen-bond donors (Lipinski definition) is 1. The second-order valence-corrected chi connectivity index (χ2v) is 2.73. The first kappa shape index (κ1) is 10.6.